The number of rotatable bonds is 4. The van der Waals surface area contributed by atoms with Gasteiger partial charge in [-0.05, 0) is 6.92 Å². The van der Waals surface area contributed by atoms with E-state index in [0.29, 0.717) is 0 Å². The minimum atomic E-state index is -3.37. The number of carboxylic acids is 1. The van der Waals surface area contributed by atoms with Crippen molar-refractivity contribution in [1.29, 1.82) is 0 Å². The fourth-order valence-corrected chi connectivity index (χ4v) is 3.39. The second-order valence-electron chi connectivity index (χ2n) is 4.63. The Morgan fingerprint density at radius 2 is 2.05 bits per heavy atom. The quantitative estimate of drug-likeness (QED) is 0.555. The number of sulfone groups is 1. The molecule has 114 valence electrons. The Bertz CT molecular complexity index is 517. The molecule has 0 aromatic carbocycles. The van der Waals surface area contributed by atoms with Crippen LogP contribution < -0.4 is 11.1 Å². The summed E-state index contributed by atoms with van der Waals surface area (Å²) < 4.78 is 23.0. The number of nitrogens with zero attached hydrogens (tertiary/aromatic N) is 1. The Kier molecular flexibility index (Phi) is 4.93. The summed E-state index contributed by atoms with van der Waals surface area (Å²) >= 11 is 0. The molecule has 9 nitrogen and oxygen atoms in total. The third-order valence-electron chi connectivity index (χ3n) is 2.97. The van der Waals surface area contributed by atoms with Crippen LogP contribution in [-0.4, -0.2) is 66.5 Å². The fraction of sp³-hybridized carbons (Fsp3) is 0.700. The molecule has 0 aromatic rings. The van der Waals surface area contributed by atoms with Crippen LogP contribution in [0.2, 0.25) is 0 Å². The predicted octanol–water partition coefficient (Wildman–Crippen LogP) is -1.86. The van der Waals surface area contributed by atoms with Crippen molar-refractivity contribution in [2.75, 3.05) is 18.1 Å². The highest BCUT2D eigenvalue weighted by Gasteiger charge is 2.35. The summed E-state index contributed by atoms with van der Waals surface area (Å²) in [5.74, 6) is -2.58. The van der Waals surface area contributed by atoms with Gasteiger partial charge in [-0.3, -0.25) is 9.59 Å². The van der Waals surface area contributed by atoms with Gasteiger partial charge in [0, 0.05) is 6.54 Å². The molecule has 3 amide bonds. The van der Waals surface area contributed by atoms with Gasteiger partial charge in [-0.1, -0.05) is 0 Å². The molecule has 0 spiro atoms. The lowest BCUT2D eigenvalue weighted by molar-refractivity contribution is -0.138. The summed E-state index contributed by atoms with van der Waals surface area (Å²) in [6, 6.07) is -2.57. The monoisotopic (exact) mass is 307 g/mol. The van der Waals surface area contributed by atoms with Crippen molar-refractivity contribution in [2.45, 2.75) is 25.4 Å². The van der Waals surface area contributed by atoms with Crippen molar-refractivity contribution >= 4 is 27.7 Å². The summed E-state index contributed by atoms with van der Waals surface area (Å²) in [5.41, 5.74) is 5.01. The van der Waals surface area contributed by atoms with E-state index in [1.54, 1.807) is 0 Å². The average Bonchev–Trinajstić information content (AvgIpc) is 2.26. The molecule has 0 aromatic heterocycles. The lowest BCUT2D eigenvalue weighted by Gasteiger charge is -2.35. The zero-order valence-electron chi connectivity index (χ0n) is 10.9. The van der Waals surface area contributed by atoms with E-state index < -0.39 is 52.0 Å². The highest BCUT2D eigenvalue weighted by Crippen LogP contribution is 2.15. The van der Waals surface area contributed by atoms with Gasteiger partial charge < -0.3 is 21.1 Å². The van der Waals surface area contributed by atoms with Gasteiger partial charge in [-0.15, -0.1) is 0 Å². The van der Waals surface area contributed by atoms with Gasteiger partial charge in [-0.25, -0.2) is 13.2 Å². The Labute approximate surface area is 116 Å². The summed E-state index contributed by atoms with van der Waals surface area (Å²) in [6.45, 7) is 1.27. The highest BCUT2D eigenvalue weighted by molar-refractivity contribution is 7.91. The van der Waals surface area contributed by atoms with E-state index >= 15 is 0 Å². The van der Waals surface area contributed by atoms with Crippen LogP contribution in [0.5, 0.6) is 0 Å². The van der Waals surface area contributed by atoms with E-state index in [4.69, 9.17) is 10.8 Å². The van der Waals surface area contributed by atoms with Gasteiger partial charge in [-0.2, -0.15) is 0 Å². The lowest BCUT2D eigenvalue weighted by atomic mass is 10.2. The van der Waals surface area contributed by atoms with Gasteiger partial charge in [0.05, 0.1) is 24.0 Å². The van der Waals surface area contributed by atoms with Crippen LogP contribution >= 0.6 is 0 Å². The first-order valence-corrected chi connectivity index (χ1v) is 7.73. The molecule has 1 fully saturated rings. The van der Waals surface area contributed by atoms with E-state index in [2.05, 4.69) is 5.32 Å². The number of nitrogens with one attached hydrogen (secondary N) is 1. The third kappa shape index (κ3) is 4.37. The Balaban J connectivity index is 2.82. The SMILES string of the molecule is CC(NC(=O)N1CCS(=O)(=O)CC1CC(=O)O)C(N)=O. The zero-order valence-corrected chi connectivity index (χ0v) is 11.7. The number of amides is 3. The van der Waals surface area contributed by atoms with Gasteiger partial charge in [0.2, 0.25) is 5.91 Å². The number of carbonyl (C=O) groups excluding carboxylic acids is 2. The molecule has 1 saturated heterocycles. The molecular formula is C10H17N3O6S. The van der Waals surface area contributed by atoms with Crippen molar-refractivity contribution in [2.24, 2.45) is 5.73 Å². The van der Waals surface area contributed by atoms with Gasteiger partial charge in [0.25, 0.3) is 0 Å². The topological polar surface area (TPSA) is 147 Å². The van der Waals surface area contributed by atoms with Crippen LogP contribution in [-0.2, 0) is 19.4 Å². The molecule has 1 aliphatic heterocycles. The van der Waals surface area contributed by atoms with Crippen LogP contribution in [0.4, 0.5) is 4.79 Å². The molecule has 0 saturated carbocycles. The second kappa shape index (κ2) is 6.07. The number of aliphatic carboxylic acids is 1. The molecule has 1 rings (SSSR count). The van der Waals surface area contributed by atoms with Crippen LogP contribution in [0, 0.1) is 0 Å². The molecule has 10 heteroatoms. The van der Waals surface area contributed by atoms with Crippen molar-refractivity contribution in [3.8, 4) is 0 Å². The molecule has 2 unspecified atom stereocenters. The van der Waals surface area contributed by atoms with E-state index in [0.717, 1.165) is 4.90 Å². The molecule has 20 heavy (non-hydrogen) atoms. The smallest absolute Gasteiger partial charge is 0.318 e. The summed E-state index contributed by atoms with van der Waals surface area (Å²) in [6.07, 6.45) is -0.475. The maximum absolute atomic E-state index is 11.9. The van der Waals surface area contributed by atoms with E-state index in [1.165, 1.54) is 6.92 Å². The van der Waals surface area contributed by atoms with E-state index in [-0.39, 0.29) is 12.3 Å². The Morgan fingerprint density at radius 1 is 1.45 bits per heavy atom. The van der Waals surface area contributed by atoms with E-state index in [1.807, 2.05) is 0 Å². The standard InChI is InChI=1S/C10H17N3O6S/c1-6(9(11)16)12-10(17)13-2-3-20(18,19)5-7(13)4-8(14)15/h6-7H,2-5H2,1H3,(H2,11,16)(H,12,17)(H,14,15). The van der Waals surface area contributed by atoms with Crippen molar-refractivity contribution in [3.63, 3.8) is 0 Å². The number of hydrogen-bond donors (Lipinski definition) is 3. The minimum absolute atomic E-state index is 0.113. The largest absolute Gasteiger partial charge is 0.481 e. The molecular weight excluding hydrogens is 290 g/mol. The van der Waals surface area contributed by atoms with Crippen LogP contribution in [0.25, 0.3) is 0 Å². The van der Waals surface area contributed by atoms with Gasteiger partial charge >= 0.3 is 12.0 Å². The first-order chi connectivity index (χ1) is 9.12. The van der Waals surface area contributed by atoms with Crippen molar-refractivity contribution in [1.82, 2.24) is 10.2 Å². The number of carbonyl (C=O) groups is 3. The van der Waals surface area contributed by atoms with Gasteiger partial charge in [0.15, 0.2) is 9.84 Å². The van der Waals surface area contributed by atoms with Crippen LogP contribution in [0.3, 0.4) is 0 Å². The predicted molar refractivity (Wildman–Crippen MR) is 68.6 cm³/mol. The fourth-order valence-electron chi connectivity index (χ4n) is 1.86. The summed E-state index contributed by atoms with van der Waals surface area (Å²) in [7, 11) is -3.37. The molecule has 0 bridgehead atoms. The molecule has 1 heterocycles. The molecule has 4 N–H and O–H groups in total. The first kappa shape index (κ1) is 16.2. The normalized spacial score (nSPS) is 22.9. The third-order valence-corrected chi connectivity index (χ3v) is 4.67. The summed E-state index contributed by atoms with van der Waals surface area (Å²) in [4.78, 5) is 34.7. The maximum Gasteiger partial charge on any atom is 0.318 e. The Morgan fingerprint density at radius 3 is 2.55 bits per heavy atom. The van der Waals surface area contributed by atoms with Crippen LogP contribution in [0.1, 0.15) is 13.3 Å². The highest BCUT2D eigenvalue weighted by atomic mass is 32.2. The molecule has 2 atom stereocenters. The molecule has 0 radical (unpaired) electrons. The van der Waals surface area contributed by atoms with Crippen molar-refractivity contribution in [3.05, 3.63) is 0 Å². The number of urea groups is 1. The number of primary amides is 1. The average molecular weight is 307 g/mol. The number of hydrogen-bond acceptors (Lipinski definition) is 5. The Hall–Kier alpha value is -1.84. The first-order valence-electron chi connectivity index (χ1n) is 5.91. The number of carboxylic acid groups (broad SMARTS) is 1. The van der Waals surface area contributed by atoms with Crippen LogP contribution in [0.15, 0.2) is 0 Å². The zero-order chi connectivity index (χ0) is 15.5. The minimum Gasteiger partial charge on any atom is -0.481 e. The van der Waals surface area contributed by atoms with E-state index in [9.17, 15) is 22.8 Å². The lowest BCUT2D eigenvalue weighted by Crippen LogP contribution is -2.57. The van der Waals surface area contributed by atoms with Crippen molar-refractivity contribution < 1.29 is 27.9 Å². The number of nitrogens with two attached hydrogens (primary N) is 1. The summed E-state index contributed by atoms with van der Waals surface area (Å²) in [5, 5.41) is 11.1. The second-order valence-corrected chi connectivity index (χ2v) is 6.86. The van der Waals surface area contributed by atoms with Gasteiger partial charge in [0.1, 0.15) is 6.04 Å². The molecule has 1 aliphatic rings. The maximum atomic E-state index is 11.9. The molecule has 0 aliphatic carbocycles.